The van der Waals surface area contributed by atoms with Crippen LogP contribution in [0.1, 0.15) is 29.8 Å². The smallest absolute Gasteiger partial charge is 0.157 e. The van der Waals surface area contributed by atoms with E-state index < -0.39 is 0 Å². The van der Waals surface area contributed by atoms with Gasteiger partial charge in [-0.2, -0.15) is 10.4 Å². The van der Waals surface area contributed by atoms with Gasteiger partial charge in [0, 0.05) is 48.7 Å². The predicted octanol–water partition coefficient (Wildman–Crippen LogP) is 2.91. The molecule has 5 rings (SSSR count). The van der Waals surface area contributed by atoms with Crippen molar-refractivity contribution in [3.8, 4) is 11.8 Å². The molecule has 2 aliphatic heterocycles. The number of benzene rings is 1. The maximum absolute atomic E-state index is 9.45. The van der Waals surface area contributed by atoms with Crippen molar-refractivity contribution in [2.45, 2.75) is 25.9 Å². The van der Waals surface area contributed by atoms with Gasteiger partial charge in [-0.15, -0.1) is 5.10 Å². The summed E-state index contributed by atoms with van der Waals surface area (Å²) in [5.41, 5.74) is 2.23. The number of methoxy groups -OCH3 is 1. The molecule has 0 bridgehead atoms. The van der Waals surface area contributed by atoms with Crippen molar-refractivity contribution in [1.29, 1.82) is 5.26 Å². The van der Waals surface area contributed by atoms with Crippen LogP contribution in [0.2, 0.25) is 0 Å². The minimum atomic E-state index is -0.150. The first-order chi connectivity index (χ1) is 16.6. The number of rotatable bonds is 5. The fourth-order valence-electron chi connectivity index (χ4n) is 4.89. The average Bonchev–Trinajstić information content (AvgIpc) is 2.89. The second-order valence-electron chi connectivity index (χ2n) is 8.84. The Labute approximate surface area is 199 Å². The number of hydrogen-bond acceptors (Lipinski definition) is 9. The lowest BCUT2D eigenvalue weighted by Gasteiger charge is -2.44. The second kappa shape index (κ2) is 9.41. The molecule has 0 radical (unpaired) electrons. The van der Waals surface area contributed by atoms with Crippen molar-refractivity contribution >= 4 is 22.4 Å². The van der Waals surface area contributed by atoms with Crippen LogP contribution in [0.3, 0.4) is 0 Å². The van der Waals surface area contributed by atoms with Crippen LogP contribution in [-0.4, -0.2) is 72.6 Å². The van der Waals surface area contributed by atoms with E-state index in [-0.39, 0.29) is 6.04 Å². The number of ether oxygens (including phenoxy) is 2. The van der Waals surface area contributed by atoms with Gasteiger partial charge in [0.25, 0.3) is 0 Å². The van der Waals surface area contributed by atoms with Gasteiger partial charge in [0.2, 0.25) is 0 Å². The average molecular weight is 460 g/mol. The van der Waals surface area contributed by atoms with E-state index in [9.17, 15) is 5.26 Å². The highest BCUT2D eigenvalue weighted by Gasteiger charge is 2.30. The SMILES string of the molecule is COc1c(C#N)cccc1[C@@H](C)Nc1nnc(C)c2cnc(N3CCN4CCOCC4C3)cc12. The van der Waals surface area contributed by atoms with E-state index in [4.69, 9.17) is 14.5 Å². The predicted molar refractivity (Wildman–Crippen MR) is 130 cm³/mol. The molecule has 0 amide bonds. The van der Waals surface area contributed by atoms with Crippen molar-refractivity contribution in [3.63, 3.8) is 0 Å². The number of nitrogens with zero attached hydrogens (tertiary/aromatic N) is 6. The van der Waals surface area contributed by atoms with Crippen LogP contribution in [0.5, 0.6) is 5.75 Å². The Morgan fingerprint density at radius 3 is 2.94 bits per heavy atom. The summed E-state index contributed by atoms with van der Waals surface area (Å²) in [7, 11) is 1.59. The molecule has 0 aliphatic carbocycles. The molecule has 9 nitrogen and oxygen atoms in total. The van der Waals surface area contributed by atoms with Crippen LogP contribution in [0.15, 0.2) is 30.5 Å². The normalized spacial score (nSPS) is 19.4. The number of hydrogen-bond donors (Lipinski definition) is 1. The van der Waals surface area contributed by atoms with Crippen molar-refractivity contribution < 1.29 is 9.47 Å². The van der Waals surface area contributed by atoms with E-state index in [1.807, 2.05) is 32.2 Å². The lowest BCUT2D eigenvalue weighted by atomic mass is 10.0. The standard InChI is InChI=1S/C25H29N7O2/c1-16(20-6-4-5-18(12-26)24(20)33-3)28-25-21-11-23(27-13-22(21)17(2)29-30-25)32-8-7-31-9-10-34-15-19(31)14-32/h4-6,11,13,16,19H,7-10,14-15H2,1-3H3,(H,28,30)/t16-,19?/m1/s1. The highest BCUT2D eigenvalue weighted by Crippen LogP contribution is 2.33. The summed E-state index contributed by atoms with van der Waals surface area (Å²) in [5, 5.41) is 23.7. The van der Waals surface area contributed by atoms with Crippen molar-refractivity contribution in [2.75, 3.05) is 56.7 Å². The summed E-state index contributed by atoms with van der Waals surface area (Å²) in [6.45, 7) is 9.40. The first-order valence-electron chi connectivity index (χ1n) is 11.6. The summed E-state index contributed by atoms with van der Waals surface area (Å²) in [4.78, 5) is 9.61. The van der Waals surface area contributed by atoms with Gasteiger partial charge in [-0.1, -0.05) is 12.1 Å². The number of aryl methyl sites for hydroxylation is 1. The first-order valence-corrected chi connectivity index (χ1v) is 11.6. The minimum absolute atomic E-state index is 0.150. The third-order valence-corrected chi connectivity index (χ3v) is 6.79. The summed E-state index contributed by atoms with van der Waals surface area (Å²) < 4.78 is 11.2. The molecule has 9 heteroatoms. The zero-order chi connectivity index (χ0) is 23.7. The Morgan fingerprint density at radius 2 is 2.12 bits per heavy atom. The molecule has 0 spiro atoms. The van der Waals surface area contributed by atoms with Crippen LogP contribution in [-0.2, 0) is 4.74 Å². The summed E-state index contributed by atoms with van der Waals surface area (Å²) >= 11 is 0. The summed E-state index contributed by atoms with van der Waals surface area (Å²) in [6, 6.07) is 10.1. The fraction of sp³-hybridized carbons (Fsp3) is 0.440. The quantitative estimate of drug-likeness (QED) is 0.617. The van der Waals surface area contributed by atoms with Crippen LogP contribution in [0, 0.1) is 18.3 Å². The molecule has 34 heavy (non-hydrogen) atoms. The molecule has 2 fully saturated rings. The zero-order valence-electron chi connectivity index (χ0n) is 19.8. The lowest BCUT2D eigenvalue weighted by Crippen LogP contribution is -2.58. The van der Waals surface area contributed by atoms with Crippen LogP contribution < -0.4 is 15.0 Å². The zero-order valence-corrected chi connectivity index (χ0v) is 19.8. The molecular weight excluding hydrogens is 430 g/mol. The van der Waals surface area contributed by atoms with Crippen molar-refractivity contribution in [1.82, 2.24) is 20.1 Å². The van der Waals surface area contributed by atoms with Gasteiger partial charge in [-0.3, -0.25) is 4.90 Å². The van der Waals surface area contributed by atoms with E-state index in [0.29, 0.717) is 23.2 Å². The molecular formula is C25H29N7O2. The molecule has 176 valence electrons. The maximum Gasteiger partial charge on any atom is 0.157 e. The van der Waals surface area contributed by atoms with Gasteiger partial charge >= 0.3 is 0 Å². The molecule has 2 saturated heterocycles. The Morgan fingerprint density at radius 1 is 1.24 bits per heavy atom. The largest absolute Gasteiger partial charge is 0.495 e. The minimum Gasteiger partial charge on any atom is -0.495 e. The highest BCUT2D eigenvalue weighted by molar-refractivity contribution is 5.94. The number of nitrogens with one attached hydrogen (secondary N) is 1. The third kappa shape index (κ3) is 4.11. The number of fused-ring (bicyclic) bond motifs is 2. The number of anilines is 2. The van der Waals surface area contributed by atoms with E-state index in [0.717, 1.165) is 67.2 Å². The number of morpholine rings is 1. The van der Waals surface area contributed by atoms with Gasteiger partial charge in [0.15, 0.2) is 5.82 Å². The number of para-hydroxylation sites is 1. The second-order valence-corrected chi connectivity index (χ2v) is 8.84. The van der Waals surface area contributed by atoms with Gasteiger partial charge in [-0.05, 0) is 26.0 Å². The van der Waals surface area contributed by atoms with Gasteiger partial charge in [0.1, 0.15) is 17.6 Å². The molecule has 1 aromatic carbocycles. The molecule has 2 aromatic heterocycles. The van der Waals surface area contributed by atoms with Gasteiger partial charge < -0.3 is 19.7 Å². The first kappa shape index (κ1) is 22.3. The Balaban J connectivity index is 1.46. The Hall–Kier alpha value is -3.48. The van der Waals surface area contributed by atoms with Crippen LogP contribution in [0.4, 0.5) is 11.6 Å². The van der Waals surface area contributed by atoms with Gasteiger partial charge in [-0.25, -0.2) is 4.98 Å². The number of nitriles is 1. The molecule has 2 atom stereocenters. The number of aromatic nitrogens is 3. The molecule has 1 unspecified atom stereocenters. The number of pyridine rings is 1. The summed E-state index contributed by atoms with van der Waals surface area (Å²) in [6.07, 6.45) is 1.89. The van der Waals surface area contributed by atoms with E-state index >= 15 is 0 Å². The van der Waals surface area contributed by atoms with E-state index in [1.165, 1.54) is 0 Å². The van der Waals surface area contributed by atoms with E-state index in [2.05, 4.69) is 37.4 Å². The monoisotopic (exact) mass is 459 g/mol. The van der Waals surface area contributed by atoms with Crippen LogP contribution in [0.25, 0.3) is 10.8 Å². The topological polar surface area (TPSA) is 99.4 Å². The van der Waals surface area contributed by atoms with E-state index in [1.54, 1.807) is 13.2 Å². The highest BCUT2D eigenvalue weighted by atomic mass is 16.5. The molecule has 1 N–H and O–H groups in total. The number of piperazine rings is 1. The van der Waals surface area contributed by atoms with Gasteiger partial charge in [0.05, 0.1) is 43.7 Å². The third-order valence-electron chi connectivity index (χ3n) is 6.79. The Bertz CT molecular complexity index is 1240. The Kier molecular flexibility index (Phi) is 6.18. The fourth-order valence-corrected chi connectivity index (χ4v) is 4.89. The summed E-state index contributed by atoms with van der Waals surface area (Å²) in [5.74, 6) is 2.19. The lowest BCUT2D eigenvalue weighted by molar-refractivity contribution is -0.0117. The van der Waals surface area contributed by atoms with Crippen LogP contribution >= 0.6 is 0 Å². The van der Waals surface area contributed by atoms with Crippen molar-refractivity contribution in [3.05, 3.63) is 47.3 Å². The van der Waals surface area contributed by atoms with Crippen molar-refractivity contribution in [2.24, 2.45) is 0 Å². The molecule has 3 aromatic rings. The molecule has 0 saturated carbocycles. The molecule has 2 aliphatic rings. The molecule has 4 heterocycles. The maximum atomic E-state index is 9.45.